The van der Waals surface area contributed by atoms with E-state index in [1.165, 1.54) is 11.1 Å². The number of aromatic nitrogens is 2. The van der Waals surface area contributed by atoms with Crippen LogP contribution in [-0.2, 0) is 16.0 Å². The highest BCUT2D eigenvalue weighted by atomic mass is 32.1. The number of benzene rings is 1. The van der Waals surface area contributed by atoms with Crippen molar-refractivity contribution in [3.05, 3.63) is 28.5 Å². The summed E-state index contributed by atoms with van der Waals surface area (Å²) in [5.41, 5.74) is 3.50. The molecule has 0 saturated heterocycles. The molecule has 1 aromatic heterocycles. The summed E-state index contributed by atoms with van der Waals surface area (Å²) < 4.78 is 13.3. The first-order chi connectivity index (χ1) is 9.22. The van der Waals surface area contributed by atoms with Gasteiger partial charge in [-0.15, -0.1) is 0 Å². The van der Waals surface area contributed by atoms with Gasteiger partial charge in [-0.3, -0.25) is 0 Å². The van der Waals surface area contributed by atoms with Crippen molar-refractivity contribution >= 4 is 23.3 Å². The van der Waals surface area contributed by atoms with Crippen molar-refractivity contribution in [2.24, 2.45) is 0 Å². The second-order valence-electron chi connectivity index (χ2n) is 4.56. The molecule has 1 N–H and O–H groups in total. The zero-order valence-electron chi connectivity index (χ0n) is 11.4. The Balaban J connectivity index is 1.98. The zero-order valence-corrected chi connectivity index (χ0v) is 12.3. The van der Waals surface area contributed by atoms with Gasteiger partial charge in [-0.2, -0.15) is 0 Å². The smallest absolute Gasteiger partial charge is 0.178 e. The summed E-state index contributed by atoms with van der Waals surface area (Å²) in [6.07, 6.45) is 0.943. The van der Waals surface area contributed by atoms with E-state index in [1.807, 2.05) is 0 Å². The Hall–Kier alpha value is -1.17. The third-order valence-corrected chi connectivity index (χ3v) is 3.36. The van der Waals surface area contributed by atoms with E-state index >= 15 is 0 Å². The molecule has 0 radical (unpaired) electrons. The standard InChI is InChI=1S/C14H20N2O2S/c1-11-4-5-12-13(10-11)16(14(19)15-12)6-3-7-18-9-8-17-2/h4-5,10H,3,6-9H2,1-2H3,(H,15,19). The molecular weight excluding hydrogens is 260 g/mol. The van der Waals surface area contributed by atoms with Crippen LogP contribution < -0.4 is 0 Å². The number of imidazole rings is 1. The number of aromatic amines is 1. The predicted molar refractivity (Wildman–Crippen MR) is 79.2 cm³/mol. The molecule has 2 rings (SSSR count). The first-order valence-electron chi connectivity index (χ1n) is 6.48. The molecular formula is C14H20N2O2S. The Kier molecular flexibility index (Phi) is 5.13. The van der Waals surface area contributed by atoms with Crippen molar-refractivity contribution in [3.63, 3.8) is 0 Å². The number of fused-ring (bicyclic) bond motifs is 1. The minimum atomic E-state index is 0.645. The quantitative estimate of drug-likeness (QED) is 0.626. The van der Waals surface area contributed by atoms with E-state index in [0.717, 1.165) is 29.9 Å². The lowest BCUT2D eigenvalue weighted by Gasteiger charge is -2.06. The Labute approximate surface area is 118 Å². The largest absolute Gasteiger partial charge is 0.382 e. The average Bonchev–Trinajstić information content (AvgIpc) is 2.69. The number of hydrogen-bond donors (Lipinski definition) is 1. The van der Waals surface area contributed by atoms with E-state index in [-0.39, 0.29) is 0 Å². The second kappa shape index (κ2) is 6.84. The molecule has 0 saturated carbocycles. The highest BCUT2D eigenvalue weighted by molar-refractivity contribution is 7.71. The molecule has 19 heavy (non-hydrogen) atoms. The van der Waals surface area contributed by atoms with Crippen LogP contribution in [0, 0.1) is 11.7 Å². The lowest BCUT2D eigenvalue weighted by atomic mass is 10.2. The van der Waals surface area contributed by atoms with E-state index in [1.54, 1.807) is 7.11 Å². The van der Waals surface area contributed by atoms with Crippen molar-refractivity contribution < 1.29 is 9.47 Å². The Morgan fingerprint density at radius 3 is 2.89 bits per heavy atom. The third-order valence-electron chi connectivity index (χ3n) is 3.03. The van der Waals surface area contributed by atoms with E-state index in [9.17, 15) is 0 Å². The Bertz CT molecular complexity index is 589. The molecule has 0 bridgehead atoms. The number of hydrogen-bond acceptors (Lipinski definition) is 3. The van der Waals surface area contributed by atoms with Crippen molar-refractivity contribution in [1.29, 1.82) is 0 Å². The van der Waals surface area contributed by atoms with E-state index in [4.69, 9.17) is 21.7 Å². The number of nitrogens with zero attached hydrogens (tertiary/aromatic N) is 1. The zero-order chi connectivity index (χ0) is 13.7. The molecule has 5 heteroatoms. The molecule has 4 nitrogen and oxygen atoms in total. The normalized spacial score (nSPS) is 11.3. The second-order valence-corrected chi connectivity index (χ2v) is 4.95. The molecule has 104 valence electrons. The van der Waals surface area contributed by atoms with Gasteiger partial charge in [-0.05, 0) is 43.3 Å². The molecule has 0 amide bonds. The lowest BCUT2D eigenvalue weighted by Crippen LogP contribution is -2.06. The molecule has 2 aromatic rings. The van der Waals surface area contributed by atoms with Gasteiger partial charge in [0.1, 0.15) is 0 Å². The fourth-order valence-electron chi connectivity index (χ4n) is 2.05. The van der Waals surface area contributed by atoms with Gasteiger partial charge in [-0.1, -0.05) is 6.07 Å². The number of methoxy groups -OCH3 is 1. The van der Waals surface area contributed by atoms with Gasteiger partial charge in [0.25, 0.3) is 0 Å². The van der Waals surface area contributed by atoms with E-state index < -0.39 is 0 Å². The van der Waals surface area contributed by atoms with Crippen LogP contribution >= 0.6 is 12.2 Å². The van der Waals surface area contributed by atoms with Crippen LogP contribution in [0.15, 0.2) is 18.2 Å². The number of rotatable bonds is 7. The fraction of sp³-hybridized carbons (Fsp3) is 0.500. The molecule has 0 aliphatic heterocycles. The van der Waals surface area contributed by atoms with E-state index in [2.05, 4.69) is 34.7 Å². The molecule has 0 aliphatic carbocycles. The van der Waals surface area contributed by atoms with E-state index in [0.29, 0.717) is 13.2 Å². The van der Waals surface area contributed by atoms with Gasteiger partial charge in [0.05, 0.1) is 24.2 Å². The van der Waals surface area contributed by atoms with Gasteiger partial charge in [0.15, 0.2) is 4.77 Å². The van der Waals surface area contributed by atoms with Crippen molar-refractivity contribution in [2.45, 2.75) is 19.9 Å². The van der Waals surface area contributed by atoms with Crippen LogP contribution in [-0.4, -0.2) is 36.5 Å². The number of H-pyrrole nitrogens is 1. The maximum absolute atomic E-state index is 5.47. The first-order valence-corrected chi connectivity index (χ1v) is 6.89. The molecule has 0 aliphatic rings. The van der Waals surface area contributed by atoms with Gasteiger partial charge in [0.2, 0.25) is 0 Å². The van der Waals surface area contributed by atoms with Crippen molar-refractivity contribution in [3.8, 4) is 0 Å². The summed E-state index contributed by atoms with van der Waals surface area (Å²) in [6, 6.07) is 6.32. The molecule has 0 fully saturated rings. The summed E-state index contributed by atoms with van der Waals surface area (Å²) in [5, 5.41) is 0. The highest BCUT2D eigenvalue weighted by Gasteiger charge is 2.04. The Morgan fingerprint density at radius 2 is 2.11 bits per heavy atom. The fourth-order valence-corrected chi connectivity index (χ4v) is 2.35. The van der Waals surface area contributed by atoms with Gasteiger partial charge >= 0.3 is 0 Å². The number of ether oxygens (including phenoxy) is 2. The minimum absolute atomic E-state index is 0.645. The topological polar surface area (TPSA) is 39.2 Å². The molecule has 1 heterocycles. The number of nitrogens with one attached hydrogen (secondary N) is 1. The molecule has 0 spiro atoms. The first kappa shape index (κ1) is 14.2. The van der Waals surface area contributed by atoms with Crippen LogP contribution in [0.25, 0.3) is 11.0 Å². The predicted octanol–water partition coefficient (Wildman–Crippen LogP) is 3.06. The average molecular weight is 280 g/mol. The minimum Gasteiger partial charge on any atom is -0.382 e. The van der Waals surface area contributed by atoms with Crippen LogP contribution in [0.4, 0.5) is 0 Å². The summed E-state index contributed by atoms with van der Waals surface area (Å²) in [4.78, 5) is 3.23. The van der Waals surface area contributed by atoms with Crippen LogP contribution in [0.3, 0.4) is 0 Å². The summed E-state index contributed by atoms with van der Waals surface area (Å²) in [7, 11) is 1.68. The maximum Gasteiger partial charge on any atom is 0.178 e. The number of aryl methyl sites for hydroxylation is 2. The molecule has 0 atom stereocenters. The van der Waals surface area contributed by atoms with Crippen LogP contribution in [0.5, 0.6) is 0 Å². The lowest BCUT2D eigenvalue weighted by molar-refractivity contribution is 0.0681. The van der Waals surface area contributed by atoms with Crippen molar-refractivity contribution in [2.75, 3.05) is 26.9 Å². The molecule has 1 aromatic carbocycles. The van der Waals surface area contributed by atoms with Gasteiger partial charge in [0, 0.05) is 20.3 Å². The SMILES string of the molecule is COCCOCCCn1c(=S)[nH]c2ccc(C)cc21. The maximum atomic E-state index is 5.47. The van der Waals surface area contributed by atoms with Gasteiger partial charge in [-0.25, -0.2) is 0 Å². The van der Waals surface area contributed by atoms with Crippen LogP contribution in [0.1, 0.15) is 12.0 Å². The summed E-state index contributed by atoms with van der Waals surface area (Å²) in [6.45, 7) is 4.98. The summed E-state index contributed by atoms with van der Waals surface area (Å²) >= 11 is 5.36. The van der Waals surface area contributed by atoms with Gasteiger partial charge < -0.3 is 19.0 Å². The third kappa shape index (κ3) is 3.65. The summed E-state index contributed by atoms with van der Waals surface area (Å²) in [5.74, 6) is 0. The Morgan fingerprint density at radius 1 is 1.26 bits per heavy atom. The van der Waals surface area contributed by atoms with Crippen molar-refractivity contribution in [1.82, 2.24) is 9.55 Å². The molecule has 0 unspecified atom stereocenters. The monoisotopic (exact) mass is 280 g/mol. The van der Waals surface area contributed by atoms with Crippen LogP contribution in [0.2, 0.25) is 0 Å². The highest BCUT2D eigenvalue weighted by Crippen LogP contribution is 2.16.